The van der Waals surface area contributed by atoms with Crippen molar-refractivity contribution in [3.05, 3.63) is 128 Å². The molecule has 0 amide bonds. The Kier molecular flexibility index (Phi) is 11.2. The highest BCUT2D eigenvalue weighted by molar-refractivity contribution is 7.75. The van der Waals surface area contributed by atoms with Crippen LogP contribution in [0.2, 0.25) is 0 Å². The van der Waals surface area contributed by atoms with Gasteiger partial charge in [0.15, 0.2) is 34.8 Å². The number of hydrogen-bond donors (Lipinski definition) is 1. The number of rotatable bonds is 8. The summed E-state index contributed by atoms with van der Waals surface area (Å²) in [5, 5.41) is 0. The molecular weight excluding hydrogens is 864 g/mol. The number of thiol groups is 1. The molecule has 0 aliphatic rings. The van der Waals surface area contributed by atoms with Crippen molar-refractivity contribution in [2.24, 2.45) is 0 Å². The fourth-order valence-electron chi connectivity index (χ4n) is 4.51. The van der Waals surface area contributed by atoms with Crippen LogP contribution in [0.1, 0.15) is 10.4 Å². The third-order valence-electron chi connectivity index (χ3n) is 7.09. The first-order chi connectivity index (χ1) is 26.5. The fraction of sp³-hybridized carbons (Fsp3) is 0. The lowest BCUT2D eigenvalue weighted by molar-refractivity contribution is 0.0772. The van der Waals surface area contributed by atoms with Crippen molar-refractivity contribution in [2.75, 3.05) is 0 Å². The normalized spacial score (nSPS) is 11.3. The largest absolute Gasteiger partial charge is 0.447 e. The molecule has 0 heterocycles. The molecule has 0 aliphatic heterocycles. The van der Waals surface area contributed by atoms with Crippen LogP contribution in [0.25, 0.3) is 11.1 Å². The average molecular weight is 866 g/mol. The monoisotopic (exact) mass is 866 g/mol. The molecule has 26 heteroatoms. The summed E-state index contributed by atoms with van der Waals surface area (Å²) in [7, 11) is 0. The van der Waals surface area contributed by atoms with Crippen LogP contribution >= 0.6 is 12.9 Å². The predicted molar refractivity (Wildman–Crippen MR) is 145 cm³/mol. The summed E-state index contributed by atoms with van der Waals surface area (Å²) in [6.45, 7) is 0. The van der Waals surface area contributed by atoms with Crippen LogP contribution in [0, 0.1) is 116 Å². The SMILES string of the molecule is O=C(OS)c1cc(Oc2c(F)c(F)c(F)c(F)c2F)c(Oc2c(F)c(F)c(F)c(F)c2F)c(Oc2c(F)c(F)c(F)c(F)c2F)c1-c1c(F)c(F)c(F)c(F)c1F. The van der Waals surface area contributed by atoms with Gasteiger partial charge in [-0.1, -0.05) is 0 Å². The topological polar surface area (TPSA) is 54.0 Å². The van der Waals surface area contributed by atoms with E-state index in [-0.39, 0.29) is 0 Å². The van der Waals surface area contributed by atoms with Crippen molar-refractivity contribution in [1.82, 2.24) is 0 Å². The molecule has 0 saturated heterocycles. The molecule has 0 N–H and O–H groups in total. The van der Waals surface area contributed by atoms with Crippen LogP contribution in [-0.2, 0) is 4.18 Å². The van der Waals surface area contributed by atoms with Crippen LogP contribution in [-0.4, -0.2) is 5.97 Å². The number of hydrogen-bond acceptors (Lipinski definition) is 6. The van der Waals surface area contributed by atoms with Crippen molar-refractivity contribution < 1.29 is 111 Å². The van der Waals surface area contributed by atoms with Crippen LogP contribution in [0.3, 0.4) is 0 Å². The van der Waals surface area contributed by atoms with Gasteiger partial charge in [-0.3, -0.25) is 0 Å². The first-order valence-electron chi connectivity index (χ1n) is 13.7. The average Bonchev–Trinajstić information content (AvgIpc) is 3.19. The minimum Gasteiger partial charge on any atom is -0.447 e. The summed E-state index contributed by atoms with van der Waals surface area (Å²) < 4.78 is 307. The van der Waals surface area contributed by atoms with Gasteiger partial charge in [0.2, 0.25) is 116 Å². The molecule has 0 fully saturated rings. The molecule has 302 valence electrons. The quantitative estimate of drug-likeness (QED) is 0.0554. The Bertz CT molecular complexity index is 2470. The number of halogens is 20. The molecule has 0 bridgehead atoms. The molecule has 0 aromatic heterocycles. The van der Waals surface area contributed by atoms with E-state index in [1.54, 1.807) is 0 Å². The third-order valence-corrected chi connectivity index (χ3v) is 7.26. The standard InChI is InChI=1S/C31H2F20O5S/c32-6-5(7(33)9(35)10(36)8(6)34)4-2(31(52)56-57)1-3(53-28-20(46)14(40)11(37)15(41)21(28)47)26(54-29-22(48)16(42)12(38)17(43)23(29)49)27(4)55-30-24(50)18(44)13(39)19(45)25(30)51/h1,57H. The molecule has 0 aliphatic carbocycles. The Morgan fingerprint density at radius 2 is 0.596 bits per heavy atom. The zero-order valence-electron chi connectivity index (χ0n) is 25.6. The molecular formula is C31H2F20O5S. The second kappa shape index (κ2) is 15.1. The van der Waals surface area contributed by atoms with Gasteiger partial charge in [0.05, 0.1) is 11.1 Å². The Balaban J connectivity index is 2.11. The molecule has 5 aromatic rings. The summed E-state index contributed by atoms with van der Waals surface area (Å²) in [4.78, 5) is 12.9. The summed E-state index contributed by atoms with van der Waals surface area (Å²) in [6.07, 6.45) is 0. The zero-order valence-corrected chi connectivity index (χ0v) is 26.5. The summed E-state index contributed by atoms with van der Waals surface area (Å²) in [5.41, 5.74) is -7.16. The Hall–Kier alpha value is -6.08. The third kappa shape index (κ3) is 6.59. The van der Waals surface area contributed by atoms with Crippen LogP contribution in [0.15, 0.2) is 6.07 Å². The molecule has 0 spiro atoms. The van der Waals surface area contributed by atoms with Crippen LogP contribution in [0.4, 0.5) is 87.8 Å². The van der Waals surface area contributed by atoms with Gasteiger partial charge in [-0.05, 0) is 0 Å². The molecule has 57 heavy (non-hydrogen) atoms. The highest BCUT2D eigenvalue weighted by Gasteiger charge is 2.40. The maximum atomic E-state index is 15.4. The second-order valence-corrected chi connectivity index (χ2v) is 10.5. The Morgan fingerprint density at radius 3 is 0.912 bits per heavy atom. The number of ether oxygens (including phenoxy) is 3. The molecule has 5 nitrogen and oxygen atoms in total. The minimum absolute atomic E-state index is 0.489. The maximum absolute atomic E-state index is 15.4. The van der Waals surface area contributed by atoms with E-state index in [0.29, 0.717) is 0 Å². The van der Waals surface area contributed by atoms with Gasteiger partial charge in [0, 0.05) is 24.5 Å². The van der Waals surface area contributed by atoms with Crippen molar-refractivity contribution in [1.29, 1.82) is 0 Å². The van der Waals surface area contributed by atoms with E-state index in [9.17, 15) is 83.8 Å². The maximum Gasteiger partial charge on any atom is 0.350 e. The van der Waals surface area contributed by atoms with Gasteiger partial charge >= 0.3 is 5.97 Å². The van der Waals surface area contributed by atoms with Crippen molar-refractivity contribution in [2.45, 2.75) is 0 Å². The van der Waals surface area contributed by atoms with E-state index in [4.69, 9.17) is 0 Å². The number of carbonyl (C=O) groups is 1. The zero-order chi connectivity index (χ0) is 42.9. The summed E-state index contributed by atoms with van der Waals surface area (Å²) in [6, 6.07) is -0.489. The minimum atomic E-state index is -3.12. The second-order valence-electron chi connectivity index (χ2n) is 10.3. The van der Waals surface area contributed by atoms with E-state index >= 15 is 8.78 Å². The van der Waals surface area contributed by atoms with Crippen LogP contribution in [0.5, 0.6) is 34.5 Å². The van der Waals surface area contributed by atoms with Crippen LogP contribution < -0.4 is 14.2 Å². The summed E-state index contributed by atoms with van der Waals surface area (Å²) in [5.74, 6) is -79.5. The van der Waals surface area contributed by atoms with E-state index in [1.807, 2.05) is 0 Å². The first kappa shape index (κ1) is 42.1. The van der Waals surface area contributed by atoms with Gasteiger partial charge in [0.1, 0.15) is 0 Å². The Morgan fingerprint density at radius 1 is 0.333 bits per heavy atom. The lowest BCUT2D eigenvalue weighted by Gasteiger charge is -2.23. The molecule has 0 atom stereocenters. The van der Waals surface area contributed by atoms with Crippen molar-refractivity contribution >= 4 is 18.9 Å². The molecule has 0 unspecified atom stereocenters. The van der Waals surface area contributed by atoms with Gasteiger partial charge in [0.25, 0.3) is 0 Å². The molecule has 0 radical (unpaired) electrons. The Labute approximate surface area is 303 Å². The van der Waals surface area contributed by atoms with E-state index in [2.05, 4.69) is 31.3 Å². The van der Waals surface area contributed by atoms with Gasteiger partial charge in [-0.2, -0.15) is 26.3 Å². The van der Waals surface area contributed by atoms with Crippen molar-refractivity contribution in [3.63, 3.8) is 0 Å². The highest BCUT2D eigenvalue weighted by Crippen LogP contribution is 2.55. The molecule has 5 aromatic carbocycles. The molecule has 5 rings (SSSR count). The summed E-state index contributed by atoms with van der Waals surface area (Å²) >= 11 is 2.97. The van der Waals surface area contributed by atoms with Gasteiger partial charge in [-0.25, -0.2) is 66.3 Å². The lowest BCUT2D eigenvalue weighted by atomic mass is 9.95. The van der Waals surface area contributed by atoms with E-state index in [0.717, 1.165) is 0 Å². The number of carbonyl (C=O) groups excluding carboxylic acids is 1. The smallest absolute Gasteiger partial charge is 0.350 e. The lowest BCUT2D eigenvalue weighted by Crippen LogP contribution is -2.13. The molecule has 0 saturated carbocycles. The van der Waals surface area contributed by atoms with Gasteiger partial charge in [-0.15, -0.1) is 0 Å². The van der Waals surface area contributed by atoms with Gasteiger partial charge < -0.3 is 18.4 Å². The van der Waals surface area contributed by atoms with Crippen molar-refractivity contribution in [3.8, 4) is 45.6 Å². The van der Waals surface area contributed by atoms with E-state index < -0.39 is 180 Å². The predicted octanol–water partition coefficient (Wildman–Crippen LogP) is 11.5. The number of benzene rings is 5. The first-order valence-corrected chi connectivity index (χ1v) is 14.0. The highest BCUT2D eigenvalue weighted by atomic mass is 32.1. The van der Waals surface area contributed by atoms with E-state index in [1.165, 1.54) is 0 Å². The fourth-order valence-corrected chi connectivity index (χ4v) is 4.60.